The second-order valence-corrected chi connectivity index (χ2v) is 16.3. The molecule has 4 aliphatic rings. The zero-order chi connectivity index (χ0) is 43.9. The maximum atomic E-state index is 14.1. The number of rotatable bonds is 16. The highest BCUT2D eigenvalue weighted by Gasteiger charge is 2.47. The lowest BCUT2D eigenvalue weighted by Crippen LogP contribution is -2.61. The number of aliphatic hydroxyl groups excluding tert-OH is 2. The lowest BCUT2D eigenvalue weighted by molar-refractivity contribution is -0.151. The normalized spacial score (nSPS) is 24.8. The van der Waals surface area contributed by atoms with Crippen LogP contribution in [0.3, 0.4) is 0 Å². The molecule has 4 saturated heterocycles. The van der Waals surface area contributed by atoms with Crippen LogP contribution < -0.4 is 27.0 Å². The topological polar surface area (TPSA) is 301 Å². The molecule has 0 saturated carbocycles. The van der Waals surface area contributed by atoms with Gasteiger partial charge in [-0.1, -0.05) is 13.8 Å². The third kappa shape index (κ3) is 10.8. The molecule has 21 heteroatoms. The Morgan fingerprint density at radius 3 is 1.53 bits per heavy atom. The number of nitrogens with two attached hydrogens (primary N) is 1. The van der Waals surface area contributed by atoms with E-state index >= 15 is 0 Å². The predicted octanol–water partition coefficient (Wildman–Crippen LogP) is -3.63. The maximum Gasteiger partial charge on any atom is 0.328 e. The minimum atomic E-state index is -1.56. The van der Waals surface area contributed by atoms with E-state index in [9.17, 15) is 53.4 Å². The number of likely N-dealkylation sites (tertiary alicyclic amines) is 4. The van der Waals surface area contributed by atoms with Crippen LogP contribution in [0.4, 0.5) is 0 Å². The molecule has 21 nitrogen and oxygen atoms in total. The van der Waals surface area contributed by atoms with Crippen molar-refractivity contribution in [2.75, 3.05) is 32.8 Å². The molecule has 0 bridgehead atoms. The Bertz CT molecular complexity index is 1630. The van der Waals surface area contributed by atoms with Gasteiger partial charge in [0.2, 0.25) is 47.3 Å². The van der Waals surface area contributed by atoms with Crippen molar-refractivity contribution in [1.29, 1.82) is 0 Å². The van der Waals surface area contributed by atoms with E-state index in [-0.39, 0.29) is 31.5 Å². The Morgan fingerprint density at radius 1 is 0.593 bits per heavy atom. The molecule has 59 heavy (non-hydrogen) atoms. The van der Waals surface area contributed by atoms with Gasteiger partial charge in [-0.05, 0) is 78.1 Å². The van der Waals surface area contributed by atoms with Gasteiger partial charge < -0.3 is 61.9 Å². The molecule has 0 aromatic rings. The molecule has 0 aromatic heterocycles. The van der Waals surface area contributed by atoms with Gasteiger partial charge in [0.25, 0.3) is 0 Å². The summed E-state index contributed by atoms with van der Waals surface area (Å²) in [5.41, 5.74) is 6.06. The molecule has 4 aliphatic heterocycles. The van der Waals surface area contributed by atoms with Crippen molar-refractivity contribution in [1.82, 2.24) is 40.9 Å². The van der Waals surface area contributed by atoms with Gasteiger partial charge in [-0.15, -0.1) is 0 Å². The largest absolute Gasteiger partial charge is 0.480 e. The van der Waals surface area contributed by atoms with E-state index in [0.717, 1.165) is 0 Å². The first kappa shape index (κ1) is 46.8. The Morgan fingerprint density at radius 2 is 1.03 bits per heavy atom. The molecule has 330 valence electrons. The van der Waals surface area contributed by atoms with Crippen molar-refractivity contribution in [3.8, 4) is 0 Å². The summed E-state index contributed by atoms with van der Waals surface area (Å²) in [6.07, 6.45) is 1.90. The predicted molar refractivity (Wildman–Crippen MR) is 207 cm³/mol. The van der Waals surface area contributed by atoms with E-state index in [0.29, 0.717) is 57.9 Å². The molecule has 0 unspecified atom stereocenters. The molecule has 4 fully saturated rings. The van der Waals surface area contributed by atoms with Gasteiger partial charge in [0.1, 0.15) is 48.3 Å². The van der Waals surface area contributed by atoms with Crippen molar-refractivity contribution in [2.24, 2.45) is 11.7 Å². The fourth-order valence-corrected chi connectivity index (χ4v) is 8.17. The highest BCUT2D eigenvalue weighted by molar-refractivity contribution is 5.98. The summed E-state index contributed by atoms with van der Waals surface area (Å²) in [7, 11) is 0. The van der Waals surface area contributed by atoms with E-state index in [1.807, 2.05) is 0 Å². The number of carbonyl (C=O) groups is 9. The van der Waals surface area contributed by atoms with Crippen LogP contribution in [0.15, 0.2) is 0 Å². The average molecular weight is 836 g/mol. The van der Waals surface area contributed by atoms with Gasteiger partial charge in [-0.25, -0.2) is 4.79 Å². The molecule has 0 aliphatic carbocycles. The molecule has 0 spiro atoms. The fraction of sp³-hybridized carbons (Fsp3) is 0.763. The molecule has 10 atom stereocenters. The van der Waals surface area contributed by atoms with Crippen molar-refractivity contribution < 1.29 is 58.5 Å². The third-order valence-electron chi connectivity index (χ3n) is 11.7. The molecule has 4 rings (SSSR count). The zero-order valence-corrected chi connectivity index (χ0v) is 34.4. The summed E-state index contributed by atoms with van der Waals surface area (Å²) >= 11 is 0. The number of amides is 8. The summed E-state index contributed by atoms with van der Waals surface area (Å²) in [6.45, 7) is 7.79. The standard InChI is InChI=1S/C38H61N9O12/c1-19(2)28(39)37(57)45-15-7-11-25(45)32(52)43-29(22(5)49)33(53)41-21(4)34(54)46-16-8-12-26(46)36(56)47-17-9-13-27(47)35(55)44-14-6-10-24(44)31(51)40-20(3)30(50)42-23(18-48)38(58)59/h19-29,48-49H,6-18,39H2,1-5H3,(H,40,51)(H,41,53)(H,42,50)(H,43,52)(H,58,59)/t20-,21-,22+,23-,24-,25-,26-,27-,28-,29-/m0/s1. The first-order chi connectivity index (χ1) is 27.8. The van der Waals surface area contributed by atoms with Crippen molar-refractivity contribution in [3.63, 3.8) is 0 Å². The number of carbonyl (C=O) groups excluding carboxylic acids is 8. The number of carboxylic acids is 1. The van der Waals surface area contributed by atoms with Crippen LogP contribution >= 0.6 is 0 Å². The van der Waals surface area contributed by atoms with E-state index in [1.54, 1.807) is 13.8 Å². The van der Waals surface area contributed by atoms with Gasteiger partial charge in [-0.2, -0.15) is 0 Å². The Hall–Kier alpha value is -4.89. The second-order valence-electron chi connectivity index (χ2n) is 16.3. The molecule has 4 heterocycles. The summed E-state index contributed by atoms with van der Waals surface area (Å²) in [5, 5.41) is 38.6. The number of nitrogens with one attached hydrogen (secondary N) is 4. The van der Waals surface area contributed by atoms with E-state index in [1.165, 1.54) is 40.4 Å². The summed E-state index contributed by atoms with van der Waals surface area (Å²) < 4.78 is 0. The number of aliphatic hydroxyl groups is 2. The second kappa shape index (κ2) is 20.4. The van der Waals surface area contributed by atoms with Crippen LogP contribution in [0.1, 0.15) is 86.0 Å². The van der Waals surface area contributed by atoms with Crippen LogP contribution in [0, 0.1) is 5.92 Å². The average Bonchev–Trinajstić information content (AvgIpc) is 4.03. The summed E-state index contributed by atoms with van der Waals surface area (Å²) in [6, 6.07) is -9.87. The Balaban J connectivity index is 1.37. The molecule has 0 radical (unpaired) electrons. The Labute approximate surface area is 343 Å². The number of aliphatic carboxylic acids is 1. The van der Waals surface area contributed by atoms with E-state index in [2.05, 4.69) is 21.3 Å². The van der Waals surface area contributed by atoms with Crippen LogP contribution in [-0.4, -0.2) is 181 Å². The van der Waals surface area contributed by atoms with E-state index in [4.69, 9.17) is 10.8 Å². The van der Waals surface area contributed by atoms with Gasteiger partial charge in [-0.3, -0.25) is 38.4 Å². The third-order valence-corrected chi connectivity index (χ3v) is 11.7. The summed E-state index contributed by atoms with van der Waals surface area (Å²) in [5.74, 6) is -6.43. The number of hydrogen-bond acceptors (Lipinski definition) is 12. The number of nitrogens with zero attached hydrogens (tertiary/aromatic N) is 4. The smallest absolute Gasteiger partial charge is 0.328 e. The van der Waals surface area contributed by atoms with Gasteiger partial charge >= 0.3 is 5.97 Å². The molecular formula is C38H61N9O12. The van der Waals surface area contributed by atoms with E-state index < -0.39 is 114 Å². The highest BCUT2D eigenvalue weighted by atomic mass is 16.4. The van der Waals surface area contributed by atoms with Gasteiger partial charge in [0, 0.05) is 26.2 Å². The number of hydrogen-bond donors (Lipinski definition) is 8. The van der Waals surface area contributed by atoms with Crippen LogP contribution in [0.2, 0.25) is 0 Å². The molecule has 0 aromatic carbocycles. The van der Waals surface area contributed by atoms with Gasteiger partial charge in [0.05, 0.1) is 18.8 Å². The minimum absolute atomic E-state index is 0.161. The summed E-state index contributed by atoms with van der Waals surface area (Å²) in [4.78, 5) is 124. The zero-order valence-electron chi connectivity index (χ0n) is 34.4. The first-order valence-corrected chi connectivity index (χ1v) is 20.5. The fourth-order valence-electron chi connectivity index (χ4n) is 8.17. The highest BCUT2D eigenvalue weighted by Crippen LogP contribution is 2.29. The lowest BCUT2D eigenvalue weighted by Gasteiger charge is -2.35. The lowest BCUT2D eigenvalue weighted by atomic mass is 10.0. The quantitative estimate of drug-likeness (QED) is 0.0746. The number of carboxylic acid groups (broad SMARTS) is 1. The molecule has 9 N–H and O–H groups in total. The van der Waals surface area contributed by atoms with Crippen molar-refractivity contribution in [3.05, 3.63) is 0 Å². The van der Waals surface area contributed by atoms with Crippen LogP contribution in [0.25, 0.3) is 0 Å². The SMILES string of the molecule is CC(C)[C@H](N)C(=O)N1CCC[C@H]1C(=O)N[C@H](C(=O)N[C@@H](C)C(=O)N1CCC[C@H]1C(=O)N1CCC[C@H]1C(=O)N1CCC[C@H]1C(=O)N[C@@H](C)C(=O)N[C@@H](CO)C(=O)O)[C@@H](C)O. The Kier molecular flexibility index (Phi) is 16.2. The van der Waals surface area contributed by atoms with Crippen LogP contribution in [0.5, 0.6) is 0 Å². The van der Waals surface area contributed by atoms with Gasteiger partial charge in [0.15, 0.2) is 0 Å². The molecule has 8 amide bonds. The van der Waals surface area contributed by atoms with Crippen LogP contribution in [-0.2, 0) is 43.2 Å². The minimum Gasteiger partial charge on any atom is -0.480 e. The maximum absolute atomic E-state index is 14.1. The van der Waals surface area contributed by atoms with Crippen molar-refractivity contribution in [2.45, 2.75) is 146 Å². The molecular weight excluding hydrogens is 774 g/mol. The monoisotopic (exact) mass is 835 g/mol. The van der Waals surface area contributed by atoms with Crippen molar-refractivity contribution >= 4 is 53.2 Å². The first-order valence-electron chi connectivity index (χ1n) is 20.5.